The van der Waals surface area contributed by atoms with E-state index in [0.717, 1.165) is 47.9 Å². The van der Waals surface area contributed by atoms with Crippen molar-refractivity contribution in [3.8, 4) is 5.75 Å². The van der Waals surface area contributed by atoms with Gasteiger partial charge < -0.3 is 15.0 Å². The number of nitrogens with one attached hydrogen (secondary N) is 1. The fraction of sp³-hybridized carbons (Fsp3) is 0.462. The lowest BCUT2D eigenvalue weighted by Gasteiger charge is -2.30. The number of benzene rings is 2. The lowest BCUT2D eigenvalue weighted by molar-refractivity contribution is -0.142. The van der Waals surface area contributed by atoms with E-state index in [1.807, 2.05) is 63.2 Å². The maximum Gasteiger partial charge on any atom is 0.261 e. The number of carbonyl (C=O) groups excluding carboxylic acids is 2. The van der Waals surface area contributed by atoms with Crippen molar-refractivity contribution in [2.24, 2.45) is 0 Å². The zero-order valence-corrected chi connectivity index (χ0v) is 19.1. The third-order valence-electron chi connectivity index (χ3n) is 6.21. The summed E-state index contributed by atoms with van der Waals surface area (Å²) in [7, 11) is 0. The van der Waals surface area contributed by atoms with Gasteiger partial charge >= 0.3 is 0 Å². The van der Waals surface area contributed by atoms with Gasteiger partial charge in [-0.1, -0.05) is 54.8 Å². The Morgan fingerprint density at radius 3 is 2.52 bits per heavy atom. The lowest BCUT2D eigenvalue weighted by atomic mass is 10.1. The Hall–Kier alpha value is -2.82. The van der Waals surface area contributed by atoms with Gasteiger partial charge in [-0.15, -0.1) is 0 Å². The summed E-state index contributed by atoms with van der Waals surface area (Å²) < 4.78 is 5.86. The average Bonchev–Trinajstić information content (AvgIpc) is 3.25. The Bertz CT molecular complexity index is 919. The van der Waals surface area contributed by atoms with Crippen LogP contribution in [0.5, 0.6) is 5.75 Å². The third kappa shape index (κ3) is 6.09. The molecular formula is C26H34N2O3. The summed E-state index contributed by atoms with van der Waals surface area (Å²) in [5.41, 5.74) is 4.26. The number of aryl methyl sites for hydroxylation is 2. The van der Waals surface area contributed by atoms with Crippen molar-refractivity contribution in [1.82, 2.24) is 10.2 Å². The first-order chi connectivity index (χ1) is 14.8. The van der Waals surface area contributed by atoms with Gasteiger partial charge in [0.1, 0.15) is 11.8 Å². The van der Waals surface area contributed by atoms with Crippen LogP contribution in [0.15, 0.2) is 42.5 Å². The number of amides is 2. The first-order valence-corrected chi connectivity index (χ1v) is 11.2. The van der Waals surface area contributed by atoms with Crippen LogP contribution in [-0.2, 0) is 16.1 Å². The summed E-state index contributed by atoms with van der Waals surface area (Å²) in [4.78, 5) is 27.8. The van der Waals surface area contributed by atoms with Gasteiger partial charge in [0.2, 0.25) is 5.91 Å². The second-order valence-corrected chi connectivity index (χ2v) is 8.66. The van der Waals surface area contributed by atoms with E-state index in [4.69, 9.17) is 4.74 Å². The molecule has 166 valence electrons. The zero-order valence-electron chi connectivity index (χ0n) is 19.1. The molecule has 1 fully saturated rings. The molecule has 1 aliphatic carbocycles. The maximum absolute atomic E-state index is 13.2. The van der Waals surface area contributed by atoms with Crippen molar-refractivity contribution in [2.45, 2.75) is 72.0 Å². The molecule has 0 radical (unpaired) electrons. The molecule has 0 spiro atoms. The number of carbonyl (C=O) groups is 2. The molecule has 1 N–H and O–H groups in total. The summed E-state index contributed by atoms with van der Waals surface area (Å²) in [6.45, 7) is 8.10. The molecule has 2 aromatic rings. The minimum Gasteiger partial charge on any atom is -0.483 e. The van der Waals surface area contributed by atoms with Gasteiger partial charge in [0.05, 0.1) is 0 Å². The van der Waals surface area contributed by atoms with Crippen molar-refractivity contribution in [1.29, 1.82) is 0 Å². The molecule has 3 rings (SSSR count). The molecule has 5 heteroatoms. The standard InChI is InChI=1S/C26H34N2O3/c1-18-9-7-11-22(15-18)16-28(21(4)26(30)27-23-12-5-6-13-23)25(29)17-31-24-14-8-10-19(2)20(24)3/h7-11,14-15,21,23H,5-6,12-13,16-17H2,1-4H3,(H,27,30)/t21-/m0/s1. The van der Waals surface area contributed by atoms with E-state index < -0.39 is 6.04 Å². The predicted molar refractivity (Wildman–Crippen MR) is 123 cm³/mol. The van der Waals surface area contributed by atoms with Crippen molar-refractivity contribution in [2.75, 3.05) is 6.61 Å². The van der Waals surface area contributed by atoms with Crippen molar-refractivity contribution < 1.29 is 14.3 Å². The Labute approximate surface area is 185 Å². The highest BCUT2D eigenvalue weighted by Gasteiger charge is 2.28. The molecule has 5 nitrogen and oxygen atoms in total. The molecule has 2 amide bonds. The first kappa shape index (κ1) is 22.9. The van der Waals surface area contributed by atoms with Crippen molar-refractivity contribution in [3.63, 3.8) is 0 Å². The Morgan fingerprint density at radius 1 is 1.10 bits per heavy atom. The minimum atomic E-state index is -0.573. The SMILES string of the molecule is Cc1cccc(CN(C(=O)COc2cccc(C)c2C)[C@@H](C)C(=O)NC2CCCC2)c1. The molecule has 2 aromatic carbocycles. The van der Waals surface area contributed by atoms with Crippen LogP contribution >= 0.6 is 0 Å². The highest BCUT2D eigenvalue weighted by molar-refractivity contribution is 5.88. The largest absolute Gasteiger partial charge is 0.483 e. The van der Waals surface area contributed by atoms with Crippen LogP contribution in [0.2, 0.25) is 0 Å². The van der Waals surface area contributed by atoms with Gasteiger partial charge in [0.25, 0.3) is 5.91 Å². The van der Waals surface area contributed by atoms with Crippen LogP contribution < -0.4 is 10.1 Å². The topological polar surface area (TPSA) is 58.6 Å². The molecule has 0 heterocycles. The summed E-state index contributed by atoms with van der Waals surface area (Å²) in [6.07, 6.45) is 4.32. The minimum absolute atomic E-state index is 0.0976. The molecule has 1 aliphatic rings. The number of nitrogens with zero attached hydrogens (tertiary/aromatic N) is 1. The third-order valence-corrected chi connectivity index (χ3v) is 6.21. The second kappa shape index (κ2) is 10.5. The van der Waals surface area contributed by atoms with Gasteiger partial charge in [0.15, 0.2) is 6.61 Å². The second-order valence-electron chi connectivity index (χ2n) is 8.66. The van der Waals surface area contributed by atoms with E-state index in [2.05, 4.69) is 5.32 Å². The van der Waals surface area contributed by atoms with Crippen molar-refractivity contribution >= 4 is 11.8 Å². The zero-order chi connectivity index (χ0) is 22.4. The van der Waals surface area contributed by atoms with E-state index in [1.165, 1.54) is 0 Å². The Kier molecular flexibility index (Phi) is 7.72. The monoisotopic (exact) mass is 422 g/mol. The molecule has 0 bridgehead atoms. The molecular weight excluding hydrogens is 388 g/mol. The Morgan fingerprint density at radius 2 is 1.81 bits per heavy atom. The molecule has 0 unspecified atom stereocenters. The number of hydrogen-bond acceptors (Lipinski definition) is 3. The van der Waals surface area contributed by atoms with Gasteiger partial charge in [0, 0.05) is 12.6 Å². The van der Waals surface area contributed by atoms with E-state index >= 15 is 0 Å². The fourth-order valence-corrected chi connectivity index (χ4v) is 4.08. The van der Waals surface area contributed by atoms with Gasteiger partial charge in [-0.25, -0.2) is 0 Å². The van der Waals surface area contributed by atoms with Crippen LogP contribution in [0.3, 0.4) is 0 Å². The molecule has 1 saturated carbocycles. The first-order valence-electron chi connectivity index (χ1n) is 11.2. The van der Waals surface area contributed by atoms with Crippen LogP contribution in [0.4, 0.5) is 0 Å². The van der Waals surface area contributed by atoms with Gasteiger partial charge in [-0.3, -0.25) is 9.59 Å². The highest BCUT2D eigenvalue weighted by Crippen LogP contribution is 2.21. The van der Waals surface area contributed by atoms with Crippen LogP contribution in [0.25, 0.3) is 0 Å². The quantitative estimate of drug-likeness (QED) is 0.683. The molecule has 0 aliphatic heterocycles. The smallest absolute Gasteiger partial charge is 0.261 e. The van der Waals surface area contributed by atoms with E-state index in [0.29, 0.717) is 12.3 Å². The summed E-state index contributed by atoms with van der Waals surface area (Å²) in [5, 5.41) is 3.13. The number of ether oxygens (including phenoxy) is 1. The summed E-state index contributed by atoms with van der Waals surface area (Å²) >= 11 is 0. The summed E-state index contributed by atoms with van der Waals surface area (Å²) in [5.74, 6) is 0.406. The number of rotatable bonds is 8. The van der Waals surface area contributed by atoms with Gasteiger partial charge in [-0.2, -0.15) is 0 Å². The average molecular weight is 423 g/mol. The van der Waals surface area contributed by atoms with Crippen LogP contribution in [0.1, 0.15) is 54.9 Å². The normalized spacial score (nSPS) is 14.8. The van der Waals surface area contributed by atoms with Crippen LogP contribution in [0, 0.1) is 20.8 Å². The van der Waals surface area contributed by atoms with E-state index in [9.17, 15) is 9.59 Å². The lowest BCUT2D eigenvalue weighted by Crippen LogP contribution is -2.50. The number of hydrogen-bond donors (Lipinski definition) is 1. The van der Waals surface area contributed by atoms with Crippen molar-refractivity contribution in [3.05, 3.63) is 64.7 Å². The summed E-state index contributed by atoms with van der Waals surface area (Å²) in [6, 6.07) is 13.5. The van der Waals surface area contributed by atoms with Crippen LogP contribution in [-0.4, -0.2) is 35.4 Å². The molecule has 31 heavy (non-hydrogen) atoms. The maximum atomic E-state index is 13.2. The molecule has 0 saturated heterocycles. The molecule has 0 aromatic heterocycles. The molecule has 1 atom stereocenters. The van der Waals surface area contributed by atoms with Gasteiger partial charge in [-0.05, 0) is 63.3 Å². The van der Waals surface area contributed by atoms with E-state index in [-0.39, 0.29) is 24.5 Å². The Balaban J connectivity index is 1.74. The highest BCUT2D eigenvalue weighted by atomic mass is 16.5. The predicted octanol–water partition coefficient (Wildman–Crippen LogP) is 4.47. The van der Waals surface area contributed by atoms with E-state index in [1.54, 1.807) is 11.8 Å². The fourth-order valence-electron chi connectivity index (χ4n) is 4.08.